The second-order valence-electron chi connectivity index (χ2n) is 4.82. The number of ketones is 1. The lowest BCUT2D eigenvalue weighted by Gasteiger charge is -2.16. The molecule has 1 aromatic rings. The topological polar surface area (TPSA) is 72.9 Å². The van der Waals surface area contributed by atoms with E-state index in [4.69, 9.17) is 4.74 Å². The molecule has 0 aromatic heterocycles. The molecule has 0 N–H and O–H groups in total. The fraction of sp³-hybridized carbons (Fsp3) is 0.400. The fourth-order valence-corrected chi connectivity index (χ4v) is 2.29. The van der Waals surface area contributed by atoms with Crippen molar-refractivity contribution in [3.63, 3.8) is 0 Å². The van der Waals surface area contributed by atoms with E-state index < -0.39 is 11.9 Å². The summed E-state index contributed by atoms with van der Waals surface area (Å²) in [7, 11) is 2.80. The van der Waals surface area contributed by atoms with E-state index in [0.29, 0.717) is 18.0 Å². The maximum atomic E-state index is 12.0. The van der Waals surface area contributed by atoms with Gasteiger partial charge in [0.05, 0.1) is 14.2 Å². The third-order valence-electron chi connectivity index (χ3n) is 3.51. The minimum absolute atomic E-state index is 0.122. The van der Waals surface area contributed by atoms with Crippen LogP contribution < -0.4 is 9.64 Å². The number of benzene rings is 1. The van der Waals surface area contributed by atoms with Crippen LogP contribution in [0.5, 0.6) is 5.75 Å². The van der Waals surface area contributed by atoms with Gasteiger partial charge in [0.15, 0.2) is 0 Å². The molecule has 1 saturated heterocycles. The predicted molar refractivity (Wildman–Crippen MR) is 75.1 cm³/mol. The van der Waals surface area contributed by atoms with Crippen molar-refractivity contribution in [2.45, 2.75) is 12.8 Å². The molecule has 6 heteroatoms. The summed E-state index contributed by atoms with van der Waals surface area (Å²) >= 11 is 0. The molecule has 1 heterocycles. The number of amides is 1. The zero-order valence-electron chi connectivity index (χ0n) is 12.0. The Balaban J connectivity index is 2.05. The van der Waals surface area contributed by atoms with Crippen LogP contribution in [0.3, 0.4) is 0 Å². The quantitative estimate of drug-likeness (QED) is 0.601. The number of Topliss-reactive ketones (excluding diaryl/α,β-unsaturated/α-hetero) is 1. The predicted octanol–water partition coefficient (Wildman–Crippen LogP) is 1.18. The number of carbonyl (C=O) groups excluding carboxylic acids is 3. The highest BCUT2D eigenvalue weighted by molar-refractivity contribution is 6.04. The van der Waals surface area contributed by atoms with Crippen LogP contribution in [-0.2, 0) is 19.1 Å². The number of nitrogens with zero attached hydrogens (tertiary/aromatic N) is 1. The molecule has 1 unspecified atom stereocenters. The van der Waals surface area contributed by atoms with Crippen molar-refractivity contribution in [2.24, 2.45) is 5.92 Å². The Morgan fingerprint density at radius 2 is 1.90 bits per heavy atom. The van der Waals surface area contributed by atoms with Gasteiger partial charge in [-0.15, -0.1) is 0 Å². The zero-order valence-corrected chi connectivity index (χ0v) is 12.0. The number of carbonyl (C=O) groups is 3. The normalized spacial score (nSPS) is 17.7. The monoisotopic (exact) mass is 291 g/mol. The number of hydrogen-bond acceptors (Lipinski definition) is 5. The van der Waals surface area contributed by atoms with Gasteiger partial charge >= 0.3 is 5.97 Å². The average molecular weight is 291 g/mol. The van der Waals surface area contributed by atoms with Crippen LogP contribution in [0.2, 0.25) is 0 Å². The van der Waals surface area contributed by atoms with Crippen LogP contribution in [0.4, 0.5) is 5.69 Å². The molecule has 1 aliphatic heterocycles. The first-order valence-corrected chi connectivity index (χ1v) is 6.59. The van der Waals surface area contributed by atoms with Crippen LogP contribution in [0.15, 0.2) is 24.3 Å². The minimum atomic E-state index is -0.574. The number of ether oxygens (including phenoxy) is 2. The molecule has 6 nitrogen and oxygen atoms in total. The van der Waals surface area contributed by atoms with Crippen molar-refractivity contribution in [3.05, 3.63) is 24.3 Å². The van der Waals surface area contributed by atoms with Gasteiger partial charge < -0.3 is 14.4 Å². The molecular weight excluding hydrogens is 274 g/mol. The number of methoxy groups -OCH3 is 2. The van der Waals surface area contributed by atoms with Gasteiger partial charge in [0.1, 0.15) is 18.0 Å². The Bertz CT molecular complexity index is 552. The summed E-state index contributed by atoms with van der Waals surface area (Å²) in [5, 5.41) is 0. The zero-order chi connectivity index (χ0) is 15.4. The Kier molecular flexibility index (Phi) is 4.57. The van der Waals surface area contributed by atoms with Gasteiger partial charge in [-0.1, -0.05) is 0 Å². The highest BCUT2D eigenvalue weighted by Crippen LogP contribution is 2.27. The van der Waals surface area contributed by atoms with E-state index >= 15 is 0 Å². The molecule has 1 aliphatic rings. The summed E-state index contributed by atoms with van der Waals surface area (Å²) in [5.74, 6) is -0.715. The smallest absolute Gasteiger partial charge is 0.313 e. The average Bonchev–Trinajstić information content (AvgIpc) is 2.89. The second kappa shape index (κ2) is 6.39. The summed E-state index contributed by atoms with van der Waals surface area (Å²) in [6, 6.07) is 7.05. The molecule has 0 spiro atoms. The molecule has 0 radical (unpaired) electrons. The fourth-order valence-electron chi connectivity index (χ4n) is 2.29. The molecule has 0 saturated carbocycles. The van der Waals surface area contributed by atoms with Crippen molar-refractivity contribution < 1.29 is 23.9 Å². The molecule has 1 fully saturated rings. The Hall–Kier alpha value is -2.37. The van der Waals surface area contributed by atoms with Crippen molar-refractivity contribution in [1.82, 2.24) is 0 Å². The Labute approximate surface area is 122 Å². The van der Waals surface area contributed by atoms with Crippen LogP contribution >= 0.6 is 0 Å². The summed E-state index contributed by atoms with van der Waals surface area (Å²) in [5.41, 5.74) is 0.717. The summed E-state index contributed by atoms with van der Waals surface area (Å²) in [4.78, 5) is 36.6. The van der Waals surface area contributed by atoms with E-state index in [1.54, 1.807) is 36.3 Å². The summed E-state index contributed by atoms with van der Waals surface area (Å²) in [6.07, 6.45) is -0.160. The van der Waals surface area contributed by atoms with Crippen molar-refractivity contribution in [2.75, 3.05) is 25.7 Å². The number of esters is 1. The Morgan fingerprint density at radius 3 is 2.48 bits per heavy atom. The third-order valence-corrected chi connectivity index (χ3v) is 3.51. The first-order valence-electron chi connectivity index (χ1n) is 6.59. The highest BCUT2D eigenvalue weighted by atomic mass is 16.5. The second-order valence-corrected chi connectivity index (χ2v) is 4.82. The molecule has 21 heavy (non-hydrogen) atoms. The van der Waals surface area contributed by atoms with Gasteiger partial charge in [0.2, 0.25) is 5.91 Å². The molecule has 1 atom stereocenters. The molecule has 1 amide bonds. The lowest BCUT2D eigenvalue weighted by molar-refractivity contribution is -0.144. The van der Waals surface area contributed by atoms with Gasteiger partial charge in [-0.05, 0) is 24.3 Å². The third kappa shape index (κ3) is 3.39. The van der Waals surface area contributed by atoms with Crippen LogP contribution in [-0.4, -0.2) is 38.4 Å². The molecule has 0 bridgehead atoms. The van der Waals surface area contributed by atoms with Crippen molar-refractivity contribution in [1.29, 1.82) is 0 Å². The van der Waals surface area contributed by atoms with E-state index in [1.807, 2.05) is 0 Å². The molecular formula is C15H17NO5. The summed E-state index contributed by atoms with van der Waals surface area (Å²) < 4.78 is 9.54. The van der Waals surface area contributed by atoms with Crippen molar-refractivity contribution in [3.8, 4) is 5.75 Å². The highest BCUT2D eigenvalue weighted by Gasteiger charge is 2.35. The van der Waals surface area contributed by atoms with Crippen molar-refractivity contribution >= 4 is 23.3 Å². The number of anilines is 1. The standard InChI is InChI=1S/C15H17NO5/c1-20-12-5-3-11(4-6-12)16-9-10(7-14(16)18)13(17)8-15(19)21-2/h3-6,10H,7-9H2,1-2H3. The van der Waals surface area contributed by atoms with E-state index in [1.165, 1.54) is 7.11 Å². The molecule has 1 aromatic carbocycles. The number of hydrogen-bond donors (Lipinski definition) is 0. The van der Waals surface area contributed by atoms with Gasteiger partial charge in [-0.3, -0.25) is 14.4 Å². The first-order chi connectivity index (χ1) is 10.0. The van der Waals surface area contributed by atoms with E-state index in [0.717, 1.165) is 0 Å². The summed E-state index contributed by atoms with van der Waals surface area (Å²) in [6.45, 7) is 0.293. The largest absolute Gasteiger partial charge is 0.497 e. The Morgan fingerprint density at radius 1 is 1.24 bits per heavy atom. The van der Waals surface area contributed by atoms with Crippen LogP contribution in [0.1, 0.15) is 12.8 Å². The van der Waals surface area contributed by atoms with Gasteiger partial charge in [0.25, 0.3) is 0 Å². The van der Waals surface area contributed by atoms with E-state index in [2.05, 4.69) is 4.74 Å². The molecule has 112 valence electrons. The van der Waals surface area contributed by atoms with Gasteiger partial charge in [-0.25, -0.2) is 0 Å². The first kappa shape index (κ1) is 15.0. The SMILES string of the molecule is COC(=O)CC(=O)C1CC(=O)N(c2ccc(OC)cc2)C1. The molecule has 2 rings (SSSR count). The van der Waals surface area contributed by atoms with Crippen LogP contribution in [0, 0.1) is 5.92 Å². The van der Waals surface area contributed by atoms with Crippen LogP contribution in [0.25, 0.3) is 0 Å². The lowest BCUT2D eigenvalue weighted by Crippen LogP contribution is -2.26. The molecule has 0 aliphatic carbocycles. The maximum absolute atomic E-state index is 12.0. The van der Waals surface area contributed by atoms with E-state index in [-0.39, 0.29) is 24.5 Å². The number of rotatable bonds is 5. The lowest BCUT2D eigenvalue weighted by atomic mass is 10.0. The minimum Gasteiger partial charge on any atom is -0.497 e. The van der Waals surface area contributed by atoms with Gasteiger partial charge in [0, 0.05) is 24.6 Å². The van der Waals surface area contributed by atoms with E-state index in [9.17, 15) is 14.4 Å². The maximum Gasteiger partial charge on any atom is 0.313 e. The van der Waals surface area contributed by atoms with Gasteiger partial charge in [-0.2, -0.15) is 0 Å².